The minimum absolute atomic E-state index is 0.343. The second-order valence-corrected chi connectivity index (χ2v) is 10.9. The number of aliphatic hydroxyl groups is 1. The molecule has 0 aliphatic rings. The van der Waals surface area contributed by atoms with Gasteiger partial charge >= 0.3 is 5.97 Å². The molecule has 1 aromatic rings. The summed E-state index contributed by atoms with van der Waals surface area (Å²) in [4.78, 5) is 12.0. The van der Waals surface area contributed by atoms with E-state index in [-0.39, 0.29) is 6.61 Å². The van der Waals surface area contributed by atoms with Crippen molar-refractivity contribution in [3.63, 3.8) is 0 Å². The van der Waals surface area contributed by atoms with Crippen LogP contribution >= 0.6 is 0 Å². The topological polar surface area (TPSA) is 65.0 Å². The lowest BCUT2D eigenvalue weighted by Crippen LogP contribution is -2.48. The molecule has 0 aliphatic heterocycles. The van der Waals surface area contributed by atoms with Gasteiger partial charge in [-0.2, -0.15) is 0 Å². The van der Waals surface area contributed by atoms with E-state index in [4.69, 9.17) is 14.2 Å². The van der Waals surface area contributed by atoms with E-state index >= 15 is 0 Å². The van der Waals surface area contributed by atoms with Crippen molar-refractivity contribution in [2.45, 2.75) is 31.5 Å². The molecule has 0 aromatic heterocycles. The predicted molar refractivity (Wildman–Crippen MR) is 90.6 cm³/mol. The number of rotatable bonds is 6. The highest BCUT2D eigenvalue weighted by atomic mass is 28.3. The van der Waals surface area contributed by atoms with Crippen LogP contribution in [0.25, 0.3) is 0 Å². The third kappa shape index (κ3) is 6.16. The van der Waals surface area contributed by atoms with E-state index in [1.807, 2.05) is 19.6 Å². The van der Waals surface area contributed by atoms with Gasteiger partial charge in [0.2, 0.25) is 11.9 Å². The maximum Gasteiger partial charge on any atom is 0.338 e. The summed E-state index contributed by atoms with van der Waals surface area (Å²) in [6.45, 7) is 5.80. The average Bonchev–Trinajstić information content (AvgIpc) is 2.52. The number of methoxy groups -OCH3 is 2. The van der Waals surface area contributed by atoms with Gasteiger partial charge in [0.05, 0.1) is 5.56 Å². The van der Waals surface area contributed by atoms with Crippen molar-refractivity contribution < 1.29 is 24.1 Å². The van der Waals surface area contributed by atoms with Crippen LogP contribution in [0, 0.1) is 11.5 Å². The highest BCUT2D eigenvalue weighted by Gasteiger charge is 2.38. The van der Waals surface area contributed by atoms with Gasteiger partial charge in [-0.1, -0.05) is 43.8 Å². The monoisotopic (exact) mass is 336 g/mol. The van der Waals surface area contributed by atoms with Gasteiger partial charge < -0.3 is 19.3 Å². The molecule has 0 saturated heterocycles. The van der Waals surface area contributed by atoms with Crippen molar-refractivity contribution in [2.75, 3.05) is 20.8 Å². The molecule has 5 nitrogen and oxygen atoms in total. The van der Waals surface area contributed by atoms with Crippen LogP contribution in [0.5, 0.6) is 0 Å². The summed E-state index contributed by atoms with van der Waals surface area (Å²) in [6.07, 6.45) is -1.02. The summed E-state index contributed by atoms with van der Waals surface area (Å²) in [5.41, 5.74) is 1.74. The Hall–Kier alpha value is -1.65. The van der Waals surface area contributed by atoms with E-state index in [1.165, 1.54) is 14.2 Å². The minimum Gasteiger partial charge on any atom is -0.458 e. The molecular formula is C17H24O5Si. The second kappa shape index (κ2) is 8.27. The van der Waals surface area contributed by atoms with E-state index in [1.54, 1.807) is 30.3 Å². The summed E-state index contributed by atoms with van der Waals surface area (Å²) in [6, 6.07) is 8.55. The lowest BCUT2D eigenvalue weighted by atomic mass is 10.1. The molecule has 0 aliphatic carbocycles. The number of hydrogen-bond donors (Lipinski definition) is 1. The molecule has 1 rings (SSSR count). The lowest BCUT2D eigenvalue weighted by Gasteiger charge is -2.29. The molecule has 1 N–H and O–H groups in total. The molecule has 0 spiro atoms. The van der Waals surface area contributed by atoms with E-state index in [0.29, 0.717) is 5.56 Å². The van der Waals surface area contributed by atoms with Gasteiger partial charge in [0, 0.05) is 14.2 Å². The van der Waals surface area contributed by atoms with Gasteiger partial charge in [0.15, 0.2) is 0 Å². The zero-order valence-corrected chi connectivity index (χ0v) is 15.3. The SMILES string of the molecule is COC(OC)[C@@](O)(C#C[Si](C)(C)C)COC(=O)c1ccccc1. The average molecular weight is 336 g/mol. The quantitative estimate of drug-likeness (QED) is 0.373. The fourth-order valence-corrected chi connectivity index (χ4v) is 2.37. The van der Waals surface area contributed by atoms with Gasteiger partial charge in [0.1, 0.15) is 14.7 Å². The number of esters is 1. The van der Waals surface area contributed by atoms with Crippen molar-refractivity contribution in [2.24, 2.45) is 0 Å². The van der Waals surface area contributed by atoms with Crippen LogP contribution < -0.4 is 0 Å². The van der Waals surface area contributed by atoms with Gasteiger partial charge in [-0.25, -0.2) is 4.79 Å². The van der Waals surface area contributed by atoms with Gasteiger partial charge in [-0.05, 0) is 12.1 Å². The summed E-state index contributed by atoms with van der Waals surface area (Å²) in [7, 11) is 1.06. The van der Waals surface area contributed by atoms with Crippen LogP contribution in [0.3, 0.4) is 0 Å². The van der Waals surface area contributed by atoms with Crippen LogP contribution in [0.15, 0.2) is 30.3 Å². The van der Waals surface area contributed by atoms with E-state index < -0.39 is 25.9 Å². The summed E-state index contributed by atoms with van der Waals surface area (Å²) >= 11 is 0. The number of hydrogen-bond acceptors (Lipinski definition) is 5. The van der Waals surface area contributed by atoms with Gasteiger partial charge in [0.25, 0.3) is 0 Å². The molecule has 0 heterocycles. The first-order valence-corrected chi connectivity index (χ1v) is 10.8. The Morgan fingerprint density at radius 1 is 1.22 bits per heavy atom. The van der Waals surface area contributed by atoms with Gasteiger partial charge in [-0.15, -0.1) is 5.54 Å². The number of carbonyl (C=O) groups excluding carboxylic acids is 1. The molecule has 6 heteroatoms. The molecule has 0 saturated carbocycles. The zero-order chi connectivity index (χ0) is 17.5. The van der Waals surface area contributed by atoms with E-state index in [0.717, 1.165) is 0 Å². The molecular weight excluding hydrogens is 312 g/mol. The Morgan fingerprint density at radius 2 is 1.78 bits per heavy atom. The molecule has 0 bridgehead atoms. The first kappa shape index (κ1) is 19.4. The Bertz CT molecular complexity index is 566. The summed E-state index contributed by atoms with van der Waals surface area (Å²) in [5.74, 6) is 2.25. The molecule has 1 atom stereocenters. The Kier molecular flexibility index (Phi) is 6.97. The first-order chi connectivity index (χ1) is 10.7. The first-order valence-electron chi connectivity index (χ1n) is 7.26. The van der Waals surface area contributed by atoms with Crippen molar-refractivity contribution in [3.05, 3.63) is 35.9 Å². The largest absolute Gasteiger partial charge is 0.458 e. The third-order valence-electron chi connectivity index (χ3n) is 2.90. The molecule has 0 fully saturated rings. The minimum atomic E-state index is -1.73. The molecule has 23 heavy (non-hydrogen) atoms. The number of benzene rings is 1. The number of ether oxygens (including phenoxy) is 3. The highest BCUT2D eigenvalue weighted by Crippen LogP contribution is 2.16. The number of carbonyl (C=O) groups is 1. The van der Waals surface area contributed by atoms with E-state index in [2.05, 4.69) is 11.5 Å². The normalized spacial score (nSPS) is 13.9. The van der Waals surface area contributed by atoms with Crippen LogP contribution in [-0.4, -0.2) is 51.9 Å². The van der Waals surface area contributed by atoms with Crippen LogP contribution in [-0.2, 0) is 14.2 Å². The molecule has 0 amide bonds. The molecule has 1 aromatic carbocycles. The van der Waals surface area contributed by atoms with Gasteiger partial charge in [-0.3, -0.25) is 0 Å². The maximum atomic E-state index is 12.0. The Balaban J connectivity index is 2.93. The van der Waals surface area contributed by atoms with E-state index in [9.17, 15) is 9.90 Å². The smallest absolute Gasteiger partial charge is 0.338 e. The zero-order valence-electron chi connectivity index (χ0n) is 14.3. The van der Waals surface area contributed by atoms with Crippen LogP contribution in [0.1, 0.15) is 10.4 Å². The van der Waals surface area contributed by atoms with Crippen molar-refractivity contribution >= 4 is 14.0 Å². The fourth-order valence-electron chi connectivity index (χ4n) is 1.78. The van der Waals surface area contributed by atoms with Crippen molar-refractivity contribution in [3.8, 4) is 11.5 Å². The predicted octanol–water partition coefficient (Wildman–Crippen LogP) is 2.07. The maximum absolute atomic E-state index is 12.0. The lowest BCUT2D eigenvalue weighted by molar-refractivity contribution is -0.202. The van der Waals surface area contributed by atoms with Crippen molar-refractivity contribution in [1.29, 1.82) is 0 Å². The summed E-state index contributed by atoms with van der Waals surface area (Å²) < 4.78 is 15.4. The Morgan fingerprint density at radius 3 is 2.26 bits per heavy atom. The standard InChI is InChI=1S/C17H24O5Si/c1-20-16(21-2)17(19,11-12-23(3,4)5)13-22-15(18)14-9-7-6-8-10-14/h6-10,16,19H,13H2,1-5H3/t17-/m1/s1. The Labute approximate surface area is 138 Å². The third-order valence-corrected chi connectivity index (χ3v) is 3.78. The molecule has 0 unspecified atom stereocenters. The fraction of sp³-hybridized carbons (Fsp3) is 0.471. The summed E-state index contributed by atoms with van der Waals surface area (Å²) in [5, 5.41) is 10.8. The highest BCUT2D eigenvalue weighted by molar-refractivity contribution is 6.83. The van der Waals surface area contributed by atoms with Crippen LogP contribution in [0.2, 0.25) is 19.6 Å². The second-order valence-electron chi connectivity index (χ2n) is 6.17. The molecule has 0 radical (unpaired) electrons. The van der Waals surface area contributed by atoms with Crippen LogP contribution in [0.4, 0.5) is 0 Å². The molecule has 126 valence electrons. The van der Waals surface area contributed by atoms with Crippen molar-refractivity contribution in [1.82, 2.24) is 0 Å².